The molecule has 194 valence electrons. The minimum atomic E-state index is -3.61. The van der Waals surface area contributed by atoms with Crippen LogP contribution in [0.15, 0.2) is 58.0 Å². The molecule has 0 aliphatic carbocycles. The summed E-state index contributed by atoms with van der Waals surface area (Å²) in [6, 6.07) is 8.16. The van der Waals surface area contributed by atoms with Crippen molar-refractivity contribution < 1.29 is 32.6 Å². The molecule has 1 N–H and O–H groups in total. The Kier molecular flexibility index (Phi) is 6.78. The molecule has 0 aliphatic rings. The fourth-order valence-electron chi connectivity index (χ4n) is 4.09. The van der Waals surface area contributed by atoms with Crippen molar-refractivity contribution in [1.29, 1.82) is 0 Å². The number of esters is 1. The number of aliphatic hydroxyl groups is 1. The monoisotopic (exact) mass is 533 g/mol. The summed E-state index contributed by atoms with van der Waals surface area (Å²) >= 11 is 6.44. The van der Waals surface area contributed by atoms with E-state index >= 15 is 8.78 Å². The number of carbonyl (C=O) groups is 1. The van der Waals surface area contributed by atoms with Crippen molar-refractivity contribution in [1.82, 2.24) is 14.5 Å². The van der Waals surface area contributed by atoms with Gasteiger partial charge >= 0.3 is 17.7 Å². The third kappa shape index (κ3) is 4.67. The molecule has 0 unspecified atom stereocenters. The number of nitrogens with zero attached hydrogens (tertiary/aromatic N) is 3. The Bertz CT molecular complexity index is 1530. The maximum absolute atomic E-state index is 15.1. The molecule has 0 saturated carbocycles. The largest absolute Gasteiger partial charge is 0.465 e. The summed E-state index contributed by atoms with van der Waals surface area (Å²) in [6.07, 6.45) is 2.45. The molecule has 0 radical (unpaired) electrons. The van der Waals surface area contributed by atoms with E-state index in [9.17, 15) is 14.7 Å². The lowest BCUT2D eigenvalue weighted by Crippen LogP contribution is -2.47. The van der Waals surface area contributed by atoms with Crippen LogP contribution in [0.5, 0.6) is 11.8 Å². The molecule has 37 heavy (non-hydrogen) atoms. The second-order valence-electron chi connectivity index (χ2n) is 8.52. The normalized spacial score (nSPS) is 14.3. The van der Waals surface area contributed by atoms with E-state index in [1.807, 2.05) is 0 Å². The average Bonchev–Trinajstić information content (AvgIpc) is 3.15. The SMILES string of the molecule is COC(=O)c1cnc(Oc2ccc([C@@H](C)[C@@](O)(c3ccc4oc(=O)n(C)c4c3)C(C)(F)F)c(Cl)c2)nc1. The number of ether oxygens (including phenoxy) is 2. The zero-order chi connectivity index (χ0) is 27.1. The van der Waals surface area contributed by atoms with Crippen LogP contribution in [-0.2, 0) is 17.4 Å². The van der Waals surface area contributed by atoms with Gasteiger partial charge in [-0.05, 0) is 35.4 Å². The van der Waals surface area contributed by atoms with E-state index in [-0.39, 0.29) is 44.6 Å². The number of carbonyl (C=O) groups excluding carboxylic acids is 1. The van der Waals surface area contributed by atoms with Gasteiger partial charge in [0.05, 0.1) is 18.2 Å². The number of alkyl halides is 2. The predicted molar refractivity (Wildman–Crippen MR) is 129 cm³/mol. The standard InChI is InChI=1S/C25H22ClF2N3O6/c1-13(25(34,24(2,27)28)15-5-8-20-19(9-15)31(3)23(33)37-20)17-7-6-16(10-18(17)26)36-22-29-11-14(12-30-22)21(32)35-4/h5-13,34H,1-4H3/t13-,25-/m1/s1. The first kappa shape index (κ1) is 26.2. The molecule has 2 atom stereocenters. The minimum Gasteiger partial charge on any atom is -0.465 e. The first-order valence-corrected chi connectivity index (χ1v) is 11.3. The van der Waals surface area contributed by atoms with Gasteiger partial charge in [0.25, 0.3) is 5.92 Å². The Morgan fingerprint density at radius 1 is 1.19 bits per heavy atom. The van der Waals surface area contributed by atoms with Crippen molar-refractivity contribution in [2.45, 2.75) is 31.3 Å². The van der Waals surface area contributed by atoms with Crippen molar-refractivity contribution >= 4 is 28.7 Å². The third-order valence-electron chi connectivity index (χ3n) is 6.22. The van der Waals surface area contributed by atoms with E-state index < -0.39 is 29.2 Å². The van der Waals surface area contributed by atoms with Crippen LogP contribution < -0.4 is 10.5 Å². The predicted octanol–water partition coefficient (Wildman–Crippen LogP) is 4.80. The first-order chi connectivity index (χ1) is 17.4. The highest BCUT2D eigenvalue weighted by Gasteiger charge is 2.54. The summed E-state index contributed by atoms with van der Waals surface area (Å²) < 4.78 is 46.5. The van der Waals surface area contributed by atoms with Crippen molar-refractivity contribution in [2.24, 2.45) is 7.05 Å². The van der Waals surface area contributed by atoms with Crippen LogP contribution in [-0.4, -0.2) is 38.6 Å². The smallest absolute Gasteiger partial charge is 0.419 e. The molecule has 0 spiro atoms. The summed E-state index contributed by atoms with van der Waals surface area (Å²) in [6.45, 7) is 2.04. The molecular weight excluding hydrogens is 512 g/mol. The average molecular weight is 534 g/mol. The molecule has 9 nitrogen and oxygen atoms in total. The van der Waals surface area contributed by atoms with Crippen LogP contribution in [0.4, 0.5) is 8.78 Å². The molecule has 12 heteroatoms. The van der Waals surface area contributed by atoms with Gasteiger partial charge in [-0.15, -0.1) is 0 Å². The molecule has 4 rings (SSSR count). The first-order valence-electron chi connectivity index (χ1n) is 10.9. The van der Waals surface area contributed by atoms with Crippen LogP contribution in [0.1, 0.15) is 41.3 Å². The molecule has 2 aromatic carbocycles. The number of aryl methyl sites for hydroxylation is 1. The van der Waals surface area contributed by atoms with Gasteiger partial charge in [-0.25, -0.2) is 28.3 Å². The van der Waals surface area contributed by atoms with E-state index in [4.69, 9.17) is 20.8 Å². The van der Waals surface area contributed by atoms with Gasteiger partial charge in [0.2, 0.25) is 0 Å². The van der Waals surface area contributed by atoms with E-state index in [0.29, 0.717) is 6.92 Å². The van der Waals surface area contributed by atoms with Gasteiger partial charge in [0.15, 0.2) is 11.2 Å². The van der Waals surface area contributed by atoms with Gasteiger partial charge in [-0.3, -0.25) is 4.57 Å². The maximum atomic E-state index is 15.1. The molecule has 0 saturated heterocycles. The Morgan fingerprint density at radius 2 is 1.86 bits per heavy atom. The highest BCUT2D eigenvalue weighted by molar-refractivity contribution is 6.31. The number of aromatic nitrogens is 3. The summed E-state index contributed by atoms with van der Waals surface area (Å²) in [4.78, 5) is 31.2. The number of rotatable bonds is 7. The van der Waals surface area contributed by atoms with Crippen LogP contribution in [0.25, 0.3) is 11.1 Å². The molecule has 0 amide bonds. The van der Waals surface area contributed by atoms with Crippen molar-refractivity contribution in [3.05, 3.63) is 81.1 Å². The number of methoxy groups -OCH3 is 1. The summed E-state index contributed by atoms with van der Waals surface area (Å²) in [5.74, 6) is -5.88. The zero-order valence-corrected chi connectivity index (χ0v) is 20.9. The molecule has 0 fully saturated rings. The molecule has 2 aromatic heterocycles. The van der Waals surface area contributed by atoms with E-state index in [2.05, 4.69) is 14.7 Å². The highest BCUT2D eigenvalue weighted by atomic mass is 35.5. The number of benzene rings is 2. The number of hydrogen-bond donors (Lipinski definition) is 1. The minimum absolute atomic E-state index is 0.0515. The fourth-order valence-corrected chi connectivity index (χ4v) is 4.43. The van der Waals surface area contributed by atoms with Crippen molar-refractivity contribution in [3.8, 4) is 11.8 Å². The number of oxazole rings is 1. The summed E-state index contributed by atoms with van der Waals surface area (Å²) in [5.41, 5.74) is -2.01. The molecule has 2 heterocycles. The number of hydrogen-bond acceptors (Lipinski definition) is 8. The van der Waals surface area contributed by atoms with Gasteiger partial charge in [0, 0.05) is 37.3 Å². The Morgan fingerprint density at radius 3 is 2.46 bits per heavy atom. The van der Waals surface area contributed by atoms with Gasteiger partial charge in [-0.1, -0.05) is 30.7 Å². The second kappa shape index (κ2) is 9.56. The van der Waals surface area contributed by atoms with Gasteiger partial charge < -0.3 is 19.0 Å². The lowest BCUT2D eigenvalue weighted by Gasteiger charge is -2.39. The number of halogens is 3. The maximum Gasteiger partial charge on any atom is 0.419 e. The quantitative estimate of drug-likeness (QED) is 0.337. The fraction of sp³-hybridized carbons (Fsp3) is 0.280. The molecular formula is C25H22ClF2N3O6. The zero-order valence-electron chi connectivity index (χ0n) is 20.2. The lowest BCUT2D eigenvalue weighted by atomic mass is 9.74. The van der Waals surface area contributed by atoms with Crippen molar-refractivity contribution in [2.75, 3.05) is 7.11 Å². The van der Waals surface area contributed by atoms with Gasteiger partial charge in [-0.2, -0.15) is 0 Å². The molecule has 0 bridgehead atoms. The topological polar surface area (TPSA) is 117 Å². The Balaban J connectivity index is 1.68. The Hall–Kier alpha value is -3.83. The highest BCUT2D eigenvalue weighted by Crippen LogP contribution is 2.49. The second-order valence-corrected chi connectivity index (χ2v) is 8.92. The van der Waals surface area contributed by atoms with Crippen LogP contribution >= 0.6 is 11.6 Å². The van der Waals surface area contributed by atoms with Crippen LogP contribution in [0.2, 0.25) is 5.02 Å². The molecule has 0 aliphatic heterocycles. The molecule has 4 aromatic rings. The van der Waals surface area contributed by atoms with Crippen LogP contribution in [0, 0.1) is 0 Å². The lowest BCUT2D eigenvalue weighted by molar-refractivity contribution is -0.187. The van der Waals surface area contributed by atoms with Crippen LogP contribution in [0.3, 0.4) is 0 Å². The van der Waals surface area contributed by atoms with E-state index in [1.165, 1.54) is 69.9 Å². The summed E-state index contributed by atoms with van der Waals surface area (Å²) in [7, 11) is 2.66. The van der Waals surface area contributed by atoms with Gasteiger partial charge in [0.1, 0.15) is 5.75 Å². The van der Waals surface area contributed by atoms with Crippen molar-refractivity contribution in [3.63, 3.8) is 0 Å². The summed E-state index contributed by atoms with van der Waals surface area (Å²) in [5, 5.41) is 11.6. The van der Waals surface area contributed by atoms with E-state index in [0.717, 1.165) is 4.57 Å². The third-order valence-corrected chi connectivity index (χ3v) is 6.55. The Labute approximate surface area is 214 Å². The van der Waals surface area contributed by atoms with E-state index in [1.54, 1.807) is 0 Å². The number of fused-ring (bicyclic) bond motifs is 1.